The third-order valence-corrected chi connectivity index (χ3v) is 4.72. The number of pyridine rings is 1. The number of carbonyl (C=O) groups is 1. The van der Waals surface area contributed by atoms with Gasteiger partial charge in [-0.05, 0) is 47.9 Å². The van der Waals surface area contributed by atoms with Crippen LogP contribution in [-0.2, 0) is 11.2 Å². The average Bonchev–Trinajstić information content (AvgIpc) is 3.35. The highest BCUT2D eigenvalue weighted by Gasteiger charge is 2.29. The van der Waals surface area contributed by atoms with Crippen molar-refractivity contribution >= 4 is 5.91 Å². The zero-order valence-corrected chi connectivity index (χ0v) is 14.3. The lowest BCUT2D eigenvalue weighted by Gasteiger charge is -2.19. The summed E-state index contributed by atoms with van der Waals surface area (Å²) in [5.41, 5.74) is 3.78. The number of aromatic amines is 1. The summed E-state index contributed by atoms with van der Waals surface area (Å²) >= 11 is 0. The molecule has 1 fully saturated rings. The molecule has 6 nitrogen and oxygen atoms in total. The second-order valence-electron chi connectivity index (χ2n) is 6.48. The maximum Gasteiger partial charge on any atom is 0.251 e. The number of rotatable bonds is 5. The number of aromatic nitrogens is 3. The maximum absolute atomic E-state index is 12.6. The van der Waals surface area contributed by atoms with Gasteiger partial charge in [-0.25, -0.2) is 0 Å². The number of carbonyl (C=O) groups excluding carboxylic acids is 1. The Hall–Kier alpha value is -2.99. The van der Waals surface area contributed by atoms with E-state index in [1.807, 2.05) is 42.5 Å². The normalized spacial score (nSPS) is 19.4. The van der Waals surface area contributed by atoms with E-state index in [0.717, 1.165) is 17.7 Å². The van der Waals surface area contributed by atoms with Gasteiger partial charge in [0.2, 0.25) is 0 Å². The average molecular weight is 348 g/mol. The van der Waals surface area contributed by atoms with Crippen molar-refractivity contribution in [1.82, 2.24) is 20.5 Å². The van der Waals surface area contributed by atoms with Gasteiger partial charge in [-0.15, -0.1) is 0 Å². The van der Waals surface area contributed by atoms with Crippen LogP contribution < -0.4 is 5.32 Å². The Morgan fingerprint density at radius 3 is 2.62 bits per heavy atom. The topological polar surface area (TPSA) is 79.9 Å². The molecule has 3 aromatic rings. The largest absolute Gasteiger partial charge is 0.379 e. The lowest BCUT2D eigenvalue weighted by molar-refractivity contribution is 0.0925. The van der Waals surface area contributed by atoms with Gasteiger partial charge in [-0.2, -0.15) is 5.10 Å². The Balaban J connectivity index is 1.40. The molecular weight excluding hydrogens is 328 g/mol. The van der Waals surface area contributed by atoms with Crippen LogP contribution in [0.3, 0.4) is 0 Å². The zero-order chi connectivity index (χ0) is 17.8. The standard InChI is InChI=1S/C20H20N4O2/c25-20(16-3-1-15(2-4-16)18-7-10-22-24-18)23-19-13-26-12-17(19)11-14-5-8-21-9-6-14/h1-10,17,19H,11-13H2,(H,22,24)(H,23,25)/t17-,19-/m1/s1. The first-order chi connectivity index (χ1) is 12.8. The molecule has 1 aliphatic rings. The predicted molar refractivity (Wildman–Crippen MR) is 97.5 cm³/mol. The number of benzene rings is 1. The monoisotopic (exact) mass is 348 g/mol. The third kappa shape index (κ3) is 3.65. The van der Waals surface area contributed by atoms with Crippen molar-refractivity contribution in [2.45, 2.75) is 12.5 Å². The van der Waals surface area contributed by atoms with Crippen LogP contribution in [0.1, 0.15) is 15.9 Å². The van der Waals surface area contributed by atoms with Crippen LogP contribution in [0.4, 0.5) is 0 Å². The summed E-state index contributed by atoms with van der Waals surface area (Å²) in [5, 5.41) is 9.98. The fraction of sp³-hybridized carbons (Fsp3) is 0.250. The highest BCUT2D eigenvalue weighted by molar-refractivity contribution is 5.94. The van der Waals surface area contributed by atoms with Gasteiger partial charge in [0.25, 0.3) is 5.91 Å². The van der Waals surface area contributed by atoms with E-state index >= 15 is 0 Å². The van der Waals surface area contributed by atoms with E-state index in [4.69, 9.17) is 4.74 Å². The Labute approximate surface area is 151 Å². The summed E-state index contributed by atoms with van der Waals surface area (Å²) in [7, 11) is 0. The molecule has 0 saturated carbocycles. The van der Waals surface area contributed by atoms with E-state index in [2.05, 4.69) is 20.5 Å². The van der Waals surface area contributed by atoms with E-state index < -0.39 is 0 Å². The van der Waals surface area contributed by atoms with Gasteiger partial charge in [0.15, 0.2) is 0 Å². The van der Waals surface area contributed by atoms with Crippen molar-refractivity contribution in [2.24, 2.45) is 5.92 Å². The van der Waals surface area contributed by atoms with Crippen LogP contribution in [-0.4, -0.2) is 40.3 Å². The maximum atomic E-state index is 12.6. The molecule has 0 aliphatic carbocycles. The molecule has 4 rings (SSSR count). The molecule has 2 atom stereocenters. The van der Waals surface area contributed by atoms with Crippen molar-refractivity contribution in [3.63, 3.8) is 0 Å². The summed E-state index contributed by atoms with van der Waals surface area (Å²) in [6.45, 7) is 1.21. The summed E-state index contributed by atoms with van der Waals surface area (Å²) < 4.78 is 5.61. The number of hydrogen-bond donors (Lipinski definition) is 2. The van der Waals surface area contributed by atoms with Crippen molar-refractivity contribution in [1.29, 1.82) is 0 Å². The first kappa shape index (κ1) is 16.5. The molecule has 0 radical (unpaired) electrons. The molecule has 0 bridgehead atoms. The minimum Gasteiger partial charge on any atom is -0.379 e. The van der Waals surface area contributed by atoms with Crippen LogP contribution in [0.2, 0.25) is 0 Å². The van der Waals surface area contributed by atoms with Gasteiger partial charge in [-0.3, -0.25) is 14.9 Å². The van der Waals surface area contributed by atoms with E-state index in [-0.39, 0.29) is 17.9 Å². The molecule has 26 heavy (non-hydrogen) atoms. The molecule has 1 amide bonds. The molecule has 0 spiro atoms. The Kier molecular flexibility index (Phi) is 4.75. The van der Waals surface area contributed by atoms with Gasteiger partial charge in [-0.1, -0.05) is 12.1 Å². The minimum absolute atomic E-state index is 0.0166. The van der Waals surface area contributed by atoms with E-state index in [1.165, 1.54) is 5.56 Å². The number of nitrogens with one attached hydrogen (secondary N) is 2. The van der Waals surface area contributed by atoms with Crippen molar-refractivity contribution in [3.8, 4) is 11.3 Å². The summed E-state index contributed by atoms with van der Waals surface area (Å²) in [6.07, 6.45) is 6.16. The first-order valence-corrected chi connectivity index (χ1v) is 8.67. The fourth-order valence-electron chi connectivity index (χ4n) is 3.25. The number of hydrogen-bond acceptors (Lipinski definition) is 4. The smallest absolute Gasteiger partial charge is 0.251 e. The van der Waals surface area contributed by atoms with E-state index in [9.17, 15) is 4.79 Å². The highest BCUT2D eigenvalue weighted by Crippen LogP contribution is 2.20. The molecular formula is C20H20N4O2. The molecule has 0 unspecified atom stereocenters. The molecule has 132 valence electrons. The van der Waals surface area contributed by atoms with Gasteiger partial charge in [0.05, 0.1) is 24.9 Å². The Morgan fingerprint density at radius 1 is 1.08 bits per heavy atom. The second kappa shape index (κ2) is 7.49. The van der Waals surface area contributed by atoms with Crippen LogP contribution in [0.15, 0.2) is 61.1 Å². The quantitative estimate of drug-likeness (QED) is 0.742. The zero-order valence-electron chi connectivity index (χ0n) is 14.3. The van der Waals surface area contributed by atoms with Crippen LogP contribution >= 0.6 is 0 Å². The van der Waals surface area contributed by atoms with E-state index in [1.54, 1.807) is 18.6 Å². The molecule has 1 saturated heterocycles. The van der Waals surface area contributed by atoms with Gasteiger partial charge in [0, 0.05) is 30.1 Å². The number of H-pyrrole nitrogens is 1. The predicted octanol–water partition coefficient (Wildman–Crippen LogP) is 2.46. The van der Waals surface area contributed by atoms with Crippen LogP contribution in [0.5, 0.6) is 0 Å². The van der Waals surface area contributed by atoms with Crippen molar-refractivity contribution in [3.05, 3.63) is 72.2 Å². The third-order valence-electron chi connectivity index (χ3n) is 4.72. The summed E-state index contributed by atoms with van der Waals surface area (Å²) in [6, 6.07) is 13.4. The molecule has 1 aromatic carbocycles. The molecule has 2 N–H and O–H groups in total. The van der Waals surface area contributed by atoms with Crippen molar-refractivity contribution in [2.75, 3.05) is 13.2 Å². The van der Waals surface area contributed by atoms with Crippen molar-refractivity contribution < 1.29 is 9.53 Å². The SMILES string of the molecule is O=C(N[C@@H]1COC[C@H]1Cc1ccncc1)c1ccc(-c2ccn[nH]2)cc1. The van der Waals surface area contributed by atoms with Crippen LogP contribution in [0, 0.1) is 5.92 Å². The molecule has 3 heterocycles. The second-order valence-corrected chi connectivity index (χ2v) is 6.48. The molecule has 6 heteroatoms. The lowest BCUT2D eigenvalue weighted by Crippen LogP contribution is -2.40. The Morgan fingerprint density at radius 2 is 1.88 bits per heavy atom. The summed E-state index contributed by atoms with van der Waals surface area (Å²) in [4.78, 5) is 16.6. The lowest BCUT2D eigenvalue weighted by atomic mass is 9.95. The van der Waals surface area contributed by atoms with Gasteiger partial charge in [0.1, 0.15) is 0 Å². The fourth-order valence-corrected chi connectivity index (χ4v) is 3.25. The van der Waals surface area contributed by atoms with E-state index in [0.29, 0.717) is 18.8 Å². The Bertz CT molecular complexity index is 847. The van der Waals surface area contributed by atoms with Gasteiger partial charge < -0.3 is 10.1 Å². The number of ether oxygens (including phenoxy) is 1. The first-order valence-electron chi connectivity index (χ1n) is 8.67. The molecule has 2 aromatic heterocycles. The van der Waals surface area contributed by atoms with Gasteiger partial charge >= 0.3 is 0 Å². The number of amides is 1. The molecule has 1 aliphatic heterocycles. The minimum atomic E-state index is -0.0728. The highest BCUT2D eigenvalue weighted by atomic mass is 16.5. The summed E-state index contributed by atoms with van der Waals surface area (Å²) in [5.74, 6) is 0.196. The number of nitrogens with zero attached hydrogens (tertiary/aromatic N) is 2. The van der Waals surface area contributed by atoms with Crippen LogP contribution in [0.25, 0.3) is 11.3 Å².